The van der Waals surface area contributed by atoms with E-state index in [0.29, 0.717) is 31.0 Å². The van der Waals surface area contributed by atoms with Crippen LogP contribution >= 0.6 is 0 Å². The molecule has 0 spiro atoms. The van der Waals surface area contributed by atoms with Crippen molar-refractivity contribution in [3.05, 3.63) is 64.6 Å². The molecular weight excluding hydrogens is 490 g/mol. The Balaban J connectivity index is 2.11. The fourth-order valence-electron chi connectivity index (χ4n) is 4.77. The summed E-state index contributed by atoms with van der Waals surface area (Å²) in [6.07, 6.45) is 4.50. The van der Waals surface area contributed by atoms with Crippen LogP contribution in [0.1, 0.15) is 91.0 Å². The summed E-state index contributed by atoms with van der Waals surface area (Å²) < 4.78 is 7.04. The third-order valence-electron chi connectivity index (χ3n) is 7.52. The van der Waals surface area contributed by atoms with E-state index in [1.807, 2.05) is 13.0 Å². The van der Waals surface area contributed by atoms with E-state index in [1.165, 1.54) is 6.20 Å². The van der Waals surface area contributed by atoms with Crippen molar-refractivity contribution in [1.29, 1.82) is 0 Å². The Morgan fingerprint density at radius 3 is 2.49 bits per heavy atom. The molecule has 4 atom stereocenters. The highest BCUT2D eigenvalue weighted by molar-refractivity contribution is 5.78. The molecule has 0 saturated heterocycles. The van der Waals surface area contributed by atoms with Gasteiger partial charge in [-0.25, -0.2) is 0 Å². The number of carbonyl (C=O) groups excluding carboxylic acids is 1. The van der Waals surface area contributed by atoms with Crippen molar-refractivity contribution in [1.82, 2.24) is 5.32 Å². The second-order valence-electron chi connectivity index (χ2n) is 12.3. The molecule has 1 unspecified atom stereocenters. The number of nitrogens with zero attached hydrogens (tertiary/aromatic N) is 1. The van der Waals surface area contributed by atoms with Crippen LogP contribution in [-0.2, 0) is 23.2 Å². The van der Waals surface area contributed by atoms with Crippen molar-refractivity contribution in [2.75, 3.05) is 6.54 Å². The largest absolute Gasteiger partial charge is 0.618 e. The molecule has 0 saturated carbocycles. The summed E-state index contributed by atoms with van der Waals surface area (Å²) in [6.45, 7) is 15.6. The number of aliphatic hydroxyl groups is 1. The van der Waals surface area contributed by atoms with E-state index in [0.717, 1.165) is 40.9 Å². The Kier molecular flexibility index (Phi) is 12.7. The maximum atomic E-state index is 12.3. The van der Waals surface area contributed by atoms with Gasteiger partial charge in [-0.1, -0.05) is 67.0 Å². The third-order valence-corrected chi connectivity index (χ3v) is 7.52. The Labute approximate surface area is 235 Å². The lowest BCUT2D eigenvalue weighted by molar-refractivity contribution is -0.616. The zero-order valence-corrected chi connectivity index (χ0v) is 25.1. The first-order valence-electron chi connectivity index (χ1n) is 14.5. The lowest BCUT2D eigenvalue weighted by Crippen LogP contribution is -2.41. The van der Waals surface area contributed by atoms with Crippen LogP contribution in [0.15, 0.2) is 42.6 Å². The van der Waals surface area contributed by atoms with E-state index in [4.69, 9.17) is 10.5 Å². The highest BCUT2D eigenvalue weighted by Gasteiger charge is 2.27. The van der Waals surface area contributed by atoms with Crippen molar-refractivity contribution in [3.63, 3.8) is 0 Å². The molecule has 0 fully saturated rings. The predicted octanol–water partition coefficient (Wildman–Crippen LogP) is 5.03. The second-order valence-corrected chi connectivity index (χ2v) is 12.3. The Morgan fingerprint density at radius 1 is 1.15 bits per heavy atom. The number of hydrogen-bond acceptors (Lipinski definition) is 5. The number of aliphatic hydroxyl groups excluding tert-OH is 1. The standard InChI is InChI=1S/C32H51N3O4/c1-8-9-15-34-31(37)23(4)17-29(36)28(33)20-25(22(2)3)18-24-13-14-27(32(5,6)7)30(19-24)39-21-26-12-10-11-16-35(26)38/h10-14,16,19,22-23,25,28-29,36H,8-9,15,17-18,20-21,33H2,1-7H3,(H,34,37)/t23?,25-,28-,29-/m0/s1. The molecule has 1 amide bonds. The number of benzene rings is 1. The summed E-state index contributed by atoms with van der Waals surface area (Å²) >= 11 is 0. The lowest BCUT2D eigenvalue weighted by Gasteiger charge is -2.29. The van der Waals surface area contributed by atoms with Crippen LogP contribution in [0.4, 0.5) is 0 Å². The van der Waals surface area contributed by atoms with E-state index in [2.05, 4.69) is 65.1 Å². The number of unbranched alkanes of at least 4 members (excludes halogenated alkanes) is 1. The molecule has 1 heterocycles. The van der Waals surface area contributed by atoms with Gasteiger partial charge in [0.1, 0.15) is 5.75 Å². The molecule has 7 nitrogen and oxygen atoms in total. The van der Waals surface area contributed by atoms with E-state index in [-0.39, 0.29) is 29.8 Å². The number of hydrogen-bond donors (Lipinski definition) is 3. The van der Waals surface area contributed by atoms with Crippen LogP contribution in [0.25, 0.3) is 0 Å². The first-order chi connectivity index (χ1) is 18.3. The topological polar surface area (TPSA) is 112 Å². The van der Waals surface area contributed by atoms with Crippen molar-refractivity contribution >= 4 is 5.91 Å². The van der Waals surface area contributed by atoms with Gasteiger partial charge < -0.3 is 26.1 Å². The highest BCUT2D eigenvalue weighted by atomic mass is 16.5. The van der Waals surface area contributed by atoms with Gasteiger partial charge in [-0.05, 0) is 66.2 Å². The molecule has 7 heteroatoms. The van der Waals surface area contributed by atoms with E-state index < -0.39 is 12.1 Å². The molecule has 0 radical (unpaired) electrons. The normalized spacial score (nSPS) is 15.0. The van der Waals surface area contributed by atoms with E-state index in [1.54, 1.807) is 12.1 Å². The Hall–Kier alpha value is -2.64. The fraction of sp³-hybridized carbons (Fsp3) is 0.625. The summed E-state index contributed by atoms with van der Waals surface area (Å²) in [4.78, 5) is 12.3. The number of pyridine rings is 1. The number of rotatable bonds is 15. The summed E-state index contributed by atoms with van der Waals surface area (Å²) in [5.41, 5.74) is 9.12. The molecule has 0 aliphatic carbocycles. The molecule has 0 aliphatic rings. The maximum Gasteiger partial charge on any atom is 0.230 e. The average molecular weight is 542 g/mol. The number of aromatic nitrogens is 1. The van der Waals surface area contributed by atoms with Gasteiger partial charge in [-0.2, -0.15) is 4.73 Å². The van der Waals surface area contributed by atoms with Crippen LogP contribution in [0.3, 0.4) is 0 Å². The number of carbonyl (C=O) groups is 1. The van der Waals surface area contributed by atoms with Gasteiger partial charge in [0, 0.05) is 30.6 Å². The fourth-order valence-corrected chi connectivity index (χ4v) is 4.77. The van der Waals surface area contributed by atoms with Crippen LogP contribution < -0.4 is 20.5 Å². The third kappa shape index (κ3) is 10.5. The predicted molar refractivity (Wildman–Crippen MR) is 157 cm³/mol. The van der Waals surface area contributed by atoms with Crippen molar-refractivity contribution in [2.45, 2.75) is 105 Å². The zero-order chi connectivity index (χ0) is 29.2. The molecule has 1 aromatic carbocycles. The van der Waals surface area contributed by atoms with Gasteiger partial charge in [0.05, 0.1) is 6.10 Å². The molecule has 2 rings (SSSR count). The summed E-state index contributed by atoms with van der Waals surface area (Å²) in [7, 11) is 0. The average Bonchev–Trinajstić information content (AvgIpc) is 2.87. The molecule has 0 bridgehead atoms. The SMILES string of the molecule is CCCCNC(=O)C(C)C[C@H](O)[C@@H](N)C[C@H](Cc1ccc(C(C)(C)C)c(OCc2cccc[n+]2[O-])c1)C(C)C. The van der Waals surface area contributed by atoms with E-state index in [9.17, 15) is 15.1 Å². The summed E-state index contributed by atoms with van der Waals surface area (Å²) in [5, 5.41) is 25.9. The number of nitrogens with one attached hydrogen (secondary N) is 1. The Bertz CT molecular complexity index is 1030. The quantitative estimate of drug-likeness (QED) is 0.166. The first-order valence-corrected chi connectivity index (χ1v) is 14.5. The highest BCUT2D eigenvalue weighted by Crippen LogP contribution is 2.34. The van der Waals surface area contributed by atoms with Gasteiger partial charge in [-0.15, -0.1) is 0 Å². The minimum atomic E-state index is -0.745. The van der Waals surface area contributed by atoms with Gasteiger partial charge in [0.2, 0.25) is 11.6 Å². The number of nitrogens with two attached hydrogens (primary N) is 1. The minimum absolute atomic E-state index is 0.0282. The van der Waals surface area contributed by atoms with Gasteiger partial charge in [-0.3, -0.25) is 4.79 Å². The summed E-state index contributed by atoms with van der Waals surface area (Å²) in [6, 6.07) is 11.2. The molecule has 4 N–H and O–H groups in total. The number of ether oxygens (including phenoxy) is 1. The van der Waals surface area contributed by atoms with Crippen molar-refractivity contribution in [3.8, 4) is 5.75 Å². The molecule has 0 aliphatic heterocycles. The molecular formula is C32H51N3O4. The molecule has 1 aromatic heterocycles. The first kappa shape index (κ1) is 32.6. The van der Waals surface area contributed by atoms with Crippen LogP contribution in [0, 0.1) is 23.0 Å². The van der Waals surface area contributed by atoms with Crippen LogP contribution in [0.5, 0.6) is 5.75 Å². The maximum absolute atomic E-state index is 12.3. The van der Waals surface area contributed by atoms with Crippen LogP contribution in [-0.4, -0.2) is 29.7 Å². The van der Waals surface area contributed by atoms with Crippen LogP contribution in [0.2, 0.25) is 0 Å². The minimum Gasteiger partial charge on any atom is -0.618 e. The smallest absolute Gasteiger partial charge is 0.230 e. The van der Waals surface area contributed by atoms with Gasteiger partial charge >= 0.3 is 0 Å². The lowest BCUT2D eigenvalue weighted by atomic mass is 9.81. The monoisotopic (exact) mass is 541 g/mol. The van der Waals surface area contributed by atoms with E-state index >= 15 is 0 Å². The molecule has 2 aromatic rings. The van der Waals surface area contributed by atoms with Crippen molar-refractivity contribution in [2.24, 2.45) is 23.5 Å². The molecule has 218 valence electrons. The van der Waals surface area contributed by atoms with Gasteiger partial charge in [0.25, 0.3) is 0 Å². The zero-order valence-electron chi connectivity index (χ0n) is 25.1. The molecule has 39 heavy (non-hydrogen) atoms. The number of amides is 1. The second kappa shape index (κ2) is 15.2. The van der Waals surface area contributed by atoms with Crippen molar-refractivity contribution < 1.29 is 19.4 Å². The Morgan fingerprint density at radius 2 is 1.87 bits per heavy atom. The van der Waals surface area contributed by atoms with Gasteiger partial charge in [0.15, 0.2) is 12.8 Å². The summed E-state index contributed by atoms with van der Waals surface area (Å²) in [5.74, 6) is 1.06.